The van der Waals surface area contributed by atoms with Crippen LogP contribution in [0.5, 0.6) is 11.5 Å². The monoisotopic (exact) mass is 354 g/mol. The molecular weight excluding hydrogens is 340 g/mol. The van der Waals surface area contributed by atoms with Crippen molar-refractivity contribution in [3.05, 3.63) is 69.4 Å². The number of carbonyl (C=O) groups excluding carboxylic acids is 1. The van der Waals surface area contributed by atoms with Crippen molar-refractivity contribution in [2.45, 2.75) is 0 Å². The van der Waals surface area contributed by atoms with E-state index in [9.17, 15) is 14.9 Å². The summed E-state index contributed by atoms with van der Waals surface area (Å²) in [5.74, 6) is 0.104. The maximum atomic E-state index is 12.1. The summed E-state index contributed by atoms with van der Waals surface area (Å²) < 4.78 is 15.2. The van der Waals surface area contributed by atoms with Gasteiger partial charge in [-0.05, 0) is 35.9 Å². The minimum absolute atomic E-state index is 0.00472. The molecule has 0 saturated heterocycles. The molecule has 1 aliphatic rings. The molecule has 26 heavy (non-hydrogen) atoms. The number of hydrogen-bond donors (Lipinski definition) is 0. The first-order chi connectivity index (χ1) is 12.5. The molecule has 1 heterocycles. The molecule has 0 spiro atoms. The molecule has 0 aliphatic carbocycles. The Morgan fingerprint density at radius 2 is 1.96 bits per heavy atom. The smallest absolute Gasteiger partial charge is 0.363 e. The fourth-order valence-electron chi connectivity index (χ4n) is 2.39. The summed E-state index contributed by atoms with van der Waals surface area (Å²) in [5.41, 5.74) is 0.864. The number of nitro groups is 1. The van der Waals surface area contributed by atoms with Gasteiger partial charge in [-0.25, -0.2) is 9.79 Å². The van der Waals surface area contributed by atoms with Gasteiger partial charge in [0.05, 0.1) is 19.1 Å². The lowest BCUT2D eigenvalue weighted by Gasteiger charge is -2.03. The average molecular weight is 354 g/mol. The standard InChI is InChI=1S/C18H14N2O6/c1-24-13-5-3-4-11(8-13)9-14-18(21)26-17(19-14)12-6-7-16(25-2)15(10-12)20(22)23/h3-10H,1-2H3. The number of carbonyl (C=O) groups is 1. The number of esters is 1. The Hall–Kier alpha value is -3.68. The van der Waals surface area contributed by atoms with Gasteiger partial charge in [0.25, 0.3) is 0 Å². The molecule has 3 rings (SSSR count). The minimum atomic E-state index is -0.638. The molecule has 8 nitrogen and oxygen atoms in total. The summed E-state index contributed by atoms with van der Waals surface area (Å²) in [6.07, 6.45) is 1.55. The summed E-state index contributed by atoms with van der Waals surface area (Å²) in [4.78, 5) is 26.8. The second-order valence-electron chi connectivity index (χ2n) is 5.26. The molecule has 0 aromatic heterocycles. The molecule has 1 aliphatic heterocycles. The Kier molecular flexibility index (Phi) is 4.66. The van der Waals surface area contributed by atoms with Crippen molar-refractivity contribution >= 4 is 23.6 Å². The van der Waals surface area contributed by atoms with E-state index in [0.717, 1.165) is 0 Å². The van der Waals surface area contributed by atoms with Crippen LogP contribution in [0.4, 0.5) is 5.69 Å². The first kappa shape index (κ1) is 17.2. The molecule has 0 N–H and O–H groups in total. The molecule has 2 aromatic rings. The number of cyclic esters (lactones) is 1. The Morgan fingerprint density at radius 3 is 2.65 bits per heavy atom. The van der Waals surface area contributed by atoms with Crippen molar-refractivity contribution in [3.8, 4) is 11.5 Å². The van der Waals surface area contributed by atoms with Crippen LogP contribution in [0.3, 0.4) is 0 Å². The Morgan fingerprint density at radius 1 is 1.15 bits per heavy atom. The van der Waals surface area contributed by atoms with Crippen LogP contribution in [0.25, 0.3) is 6.08 Å². The van der Waals surface area contributed by atoms with E-state index in [-0.39, 0.29) is 23.0 Å². The van der Waals surface area contributed by atoms with Gasteiger partial charge in [0.1, 0.15) is 5.75 Å². The van der Waals surface area contributed by atoms with Crippen LogP contribution in [0, 0.1) is 10.1 Å². The van der Waals surface area contributed by atoms with Crippen molar-refractivity contribution in [2.75, 3.05) is 14.2 Å². The van der Waals surface area contributed by atoms with Gasteiger partial charge in [-0.1, -0.05) is 12.1 Å². The van der Waals surface area contributed by atoms with E-state index < -0.39 is 10.9 Å². The first-order valence-corrected chi connectivity index (χ1v) is 7.51. The lowest BCUT2D eigenvalue weighted by Crippen LogP contribution is -2.06. The highest BCUT2D eigenvalue weighted by Crippen LogP contribution is 2.29. The van der Waals surface area contributed by atoms with Crippen molar-refractivity contribution in [1.82, 2.24) is 0 Å². The summed E-state index contributed by atoms with van der Waals surface area (Å²) in [5, 5.41) is 11.1. The predicted octanol–water partition coefficient (Wildman–Crippen LogP) is 2.96. The molecule has 0 amide bonds. The number of methoxy groups -OCH3 is 2. The van der Waals surface area contributed by atoms with Gasteiger partial charge in [-0.15, -0.1) is 0 Å². The van der Waals surface area contributed by atoms with Crippen LogP contribution < -0.4 is 9.47 Å². The van der Waals surface area contributed by atoms with Gasteiger partial charge in [0.15, 0.2) is 11.4 Å². The van der Waals surface area contributed by atoms with E-state index in [1.165, 1.54) is 25.3 Å². The highest BCUT2D eigenvalue weighted by Gasteiger charge is 2.26. The quantitative estimate of drug-likeness (QED) is 0.354. The second kappa shape index (κ2) is 7.06. The van der Waals surface area contributed by atoms with Gasteiger partial charge in [-0.2, -0.15) is 0 Å². The third kappa shape index (κ3) is 3.39. The normalized spacial score (nSPS) is 14.8. The maximum absolute atomic E-state index is 12.1. The summed E-state index contributed by atoms with van der Waals surface area (Å²) in [6, 6.07) is 11.3. The van der Waals surface area contributed by atoms with Crippen LogP contribution in [0.15, 0.2) is 53.2 Å². The zero-order chi connectivity index (χ0) is 18.7. The molecule has 0 atom stereocenters. The maximum Gasteiger partial charge on any atom is 0.363 e. The Labute approximate surface area is 148 Å². The zero-order valence-electron chi connectivity index (χ0n) is 14.0. The highest BCUT2D eigenvalue weighted by atomic mass is 16.6. The number of benzene rings is 2. The van der Waals surface area contributed by atoms with E-state index in [4.69, 9.17) is 14.2 Å². The first-order valence-electron chi connectivity index (χ1n) is 7.51. The number of rotatable bonds is 5. The van der Waals surface area contributed by atoms with Gasteiger partial charge in [0.2, 0.25) is 5.90 Å². The predicted molar refractivity (Wildman–Crippen MR) is 93.2 cm³/mol. The van der Waals surface area contributed by atoms with Crippen LogP contribution in [0.1, 0.15) is 11.1 Å². The average Bonchev–Trinajstić information content (AvgIpc) is 3.01. The molecule has 0 bridgehead atoms. The molecule has 8 heteroatoms. The number of nitrogens with zero attached hydrogens (tertiary/aromatic N) is 2. The van der Waals surface area contributed by atoms with Crippen LogP contribution in [-0.2, 0) is 9.53 Å². The van der Waals surface area contributed by atoms with Crippen LogP contribution in [0.2, 0.25) is 0 Å². The van der Waals surface area contributed by atoms with E-state index in [0.29, 0.717) is 16.9 Å². The molecule has 0 radical (unpaired) electrons. The van der Waals surface area contributed by atoms with Gasteiger partial charge < -0.3 is 14.2 Å². The summed E-state index contributed by atoms with van der Waals surface area (Å²) in [6.45, 7) is 0. The van der Waals surface area contributed by atoms with Gasteiger partial charge >= 0.3 is 11.7 Å². The number of ether oxygens (including phenoxy) is 3. The molecule has 0 unspecified atom stereocenters. The third-order valence-corrected chi connectivity index (χ3v) is 3.64. The summed E-state index contributed by atoms with van der Waals surface area (Å²) in [7, 11) is 2.88. The zero-order valence-corrected chi connectivity index (χ0v) is 14.0. The number of aliphatic imine (C=N–C) groups is 1. The molecule has 0 saturated carbocycles. The van der Waals surface area contributed by atoms with Crippen molar-refractivity contribution in [2.24, 2.45) is 4.99 Å². The molecule has 0 fully saturated rings. The van der Waals surface area contributed by atoms with Crippen molar-refractivity contribution < 1.29 is 23.9 Å². The number of nitro benzene ring substituents is 1. The lowest BCUT2D eigenvalue weighted by molar-refractivity contribution is -0.385. The SMILES string of the molecule is COc1cccc(C=C2N=C(c3ccc(OC)c([N+](=O)[O-])c3)OC2=O)c1. The Balaban J connectivity index is 1.96. The highest BCUT2D eigenvalue weighted by molar-refractivity contribution is 6.13. The van der Waals surface area contributed by atoms with Crippen LogP contribution in [-0.4, -0.2) is 31.0 Å². The minimum Gasteiger partial charge on any atom is -0.497 e. The lowest BCUT2D eigenvalue weighted by atomic mass is 10.2. The van der Waals surface area contributed by atoms with Gasteiger partial charge in [0, 0.05) is 11.6 Å². The van der Waals surface area contributed by atoms with E-state index in [1.807, 2.05) is 0 Å². The fraction of sp³-hybridized carbons (Fsp3) is 0.111. The second-order valence-corrected chi connectivity index (χ2v) is 5.26. The largest absolute Gasteiger partial charge is 0.497 e. The van der Waals surface area contributed by atoms with E-state index >= 15 is 0 Å². The third-order valence-electron chi connectivity index (χ3n) is 3.64. The van der Waals surface area contributed by atoms with Gasteiger partial charge in [-0.3, -0.25) is 10.1 Å². The summed E-state index contributed by atoms with van der Waals surface area (Å²) >= 11 is 0. The topological polar surface area (TPSA) is 100 Å². The molecular formula is C18H14N2O6. The molecule has 132 valence electrons. The number of hydrogen-bond acceptors (Lipinski definition) is 7. The molecule has 2 aromatic carbocycles. The van der Waals surface area contributed by atoms with Crippen molar-refractivity contribution in [1.29, 1.82) is 0 Å². The van der Waals surface area contributed by atoms with E-state index in [2.05, 4.69) is 4.99 Å². The fourth-order valence-corrected chi connectivity index (χ4v) is 2.39. The van der Waals surface area contributed by atoms with Crippen molar-refractivity contribution in [3.63, 3.8) is 0 Å². The Bertz CT molecular complexity index is 948. The van der Waals surface area contributed by atoms with E-state index in [1.54, 1.807) is 37.5 Å². The van der Waals surface area contributed by atoms with Crippen LogP contribution >= 0.6 is 0 Å².